The molecule has 0 aliphatic heterocycles. The first-order chi connectivity index (χ1) is 11.1. The van der Waals surface area contributed by atoms with Gasteiger partial charge in [-0.15, -0.1) is 17.8 Å². The van der Waals surface area contributed by atoms with Crippen molar-refractivity contribution in [2.75, 3.05) is 6.61 Å². The predicted octanol–water partition coefficient (Wildman–Crippen LogP) is 3.14. The SMILES string of the molecule is C#CCOc1cccc([C@@H](C)NC(=O)Cc2csc(CC)n2)c1. The Labute approximate surface area is 140 Å². The van der Waals surface area contributed by atoms with Crippen LogP contribution in [0.4, 0.5) is 0 Å². The Hall–Kier alpha value is -2.32. The van der Waals surface area contributed by atoms with Crippen molar-refractivity contribution in [3.8, 4) is 18.1 Å². The largest absolute Gasteiger partial charge is 0.481 e. The van der Waals surface area contributed by atoms with Crippen LogP contribution in [-0.4, -0.2) is 17.5 Å². The third-order valence-corrected chi connectivity index (χ3v) is 4.34. The molecule has 0 radical (unpaired) electrons. The molecule has 1 aromatic carbocycles. The fourth-order valence-corrected chi connectivity index (χ4v) is 2.88. The van der Waals surface area contributed by atoms with Crippen LogP contribution in [0, 0.1) is 12.3 Å². The number of hydrogen-bond donors (Lipinski definition) is 1. The van der Waals surface area contributed by atoms with Crippen molar-refractivity contribution < 1.29 is 9.53 Å². The molecule has 120 valence electrons. The Bertz CT molecular complexity index is 703. The maximum Gasteiger partial charge on any atom is 0.226 e. The summed E-state index contributed by atoms with van der Waals surface area (Å²) in [6, 6.07) is 7.46. The van der Waals surface area contributed by atoms with E-state index in [1.54, 1.807) is 11.3 Å². The second-order valence-corrected chi connectivity index (χ2v) is 6.06. The number of aromatic nitrogens is 1. The number of amides is 1. The molecular weight excluding hydrogens is 308 g/mol. The summed E-state index contributed by atoms with van der Waals surface area (Å²) < 4.78 is 5.40. The van der Waals surface area contributed by atoms with E-state index in [4.69, 9.17) is 11.2 Å². The molecule has 5 heteroatoms. The summed E-state index contributed by atoms with van der Waals surface area (Å²) >= 11 is 1.59. The highest BCUT2D eigenvalue weighted by Crippen LogP contribution is 2.19. The van der Waals surface area contributed by atoms with Gasteiger partial charge in [0.2, 0.25) is 5.91 Å². The summed E-state index contributed by atoms with van der Waals surface area (Å²) in [7, 11) is 0. The molecule has 0 aliphatic carbocycles. The van der Waals surface area contributed by atoms with Gasteiger partial charge in [0.15, 0.2) is 0 Å². The van der Waals surface area contributed by atoms with Crippen LogP contribution in [-0.2, 0) is 17.6 Å². The lowest BCUT2D eigenvalue weighted by Gasteiger charge is -2.15. The van der Waals surface area contributed by atoms with E-state index in [0.717, 1.165) is 22.7 Å². The normalized spacial score (nSPS) is 11.5. The summed E-state index contributed by atoms with van der Waals surface area (Å²) in [4.78, 5) is 16.6. The highest BCUT2D eigenvalue weighted by Gasteiger charge is 2.12. The monoisotopic (exact) mass is 328 g/mol. The minimum atomic E-state index is -0.110. The summed E-state index contributed by atoms with van der Waals surface area (Å²) in [6.07, 6.45) is 6.38. The molecule has 0 fully saturated rings. The number of aryl methyl sites for hydroxylation is 1. The molecule has 1 N–H and O–H groups in total. The molecule has 0 unspecified atom stereocenters. The van der Waals surface area contributed by atoms with E-state index < -0.39 is 0 Å². The Morgan fingerprint density at radius 2 is 2.35 bits per heavy atom. The Morgan fingerprint density at radius 3 is 3.04 bits per heavy atom. The minimum absolute atomic E-state index is 0.0413. The van der Waals surface area contributed by atoms with Gasteiger partial charge in [0.25, 0.3) is 0 Å². The molecule has 23 heavy (non-hydrogen) atoms. The number of carbonyl (C=O) groups excluding carboxylic acids is 1. The van der Waals surface area contributed by atoms with Gasteiger partial charge in [-0.05, 0) is 31.0 Å². The van der Waals surface area contributed by atoms with Crippen LogP contribution >= 0.6 is 11.3 Å². The first kappa shape index (κ1) is 17.0. The zero-order valence-corrected chi connectivity index (χ0v) is 14.2. The molecular formula is C18H20N2O2S. The Morgan fingerprint density at radius 1 is 1.52 bits per heavy atom. The summed E-state index contributed by atoms with van der Waals surface area (Å²) in [5.41, 5.74) is 1.79. The molecule has 0 bridgehead atoms. The lowest BCUT2D eigenvalue weighted by atomic mass is 10.1. The molecule has 0 aliphatic rings. The predicted molar refractivity (Wildman–Crippen MR) is 92.5 cm³/mol. The van der Waals surface area contributed by atoms with Gasteiger partial charge in [-0.2, -0.15) is 0 Å². The van der Waals surface area contributed by atoms with Gasteiger partial charge in [-0.1, -0.05) is 25.0 Å². The first-order valence-electron chi connectivity index (χ1n) is 7.51. The summed E-state index contributed by atoms with van der Waals surface area (Å²) in [6.45, 7) is 4.23. The molecule has 0 saturated heterocycles. The zero-order valence-electron chi connectivity index (χ0n) is 13.3. The van der Waals surface area contributed by atoms with Gasteiger partial charge in [0.05, 0.1) is 23.2 Å². The van der Waals surface area contributed by atoms with Gasteiger partial charge in [-0.3, -0.25) is 4.79 Å². The van der Waals surface area contributed by atoms with E-state index in [-0.39, 0.29) is 18.6 Å². The molecule has 0 spiro atoms. The minimum Gasteiger partial charge on any atom is -0.481 e. The summed E-state index contributed by atoms with van der Waals surface area (Å²) in [5.74, 6) is 3.09. The van der Waals surface area contributed by atoms with Gasteiger partial charge in [0, 0.05) is 5.38 Å². The van der Waals surface area contributed by atoms with Crippen molar-refractivity contribution in [1.29, 1.82) is 0 Å². The van der Waals surface area contributed by atoms with Crippen molar-refractivity contribution in [3.05, 3.63) is 45.9 Å². The second kappa shape index (κ2) is 8.35. The third kappa shape index (κ3) is 5.11. The number of hydrogen-bond acceptors (Lipinski definition) is 4. The standard InChI is InChI=1S/C18H20N2O2S/c1-4-9-22-16-8-6-7-14(10-16)13(3)19-17(21)11-15-12-23-18(5-2)20-15/h1,6-8,10,12-13H,5,9,11H2,2-3H3,(H,19,21)/t13-/m1/s1. The number of carbonyl (C=O) groups is 1. The zero-order chi connectivity index (χ0) is 16.7. The van der Waals surface area contributed by atoms with Crippen molar-refractivity contribution in [2.45, 2.75) is 32.7 Å². The van der Waals surface area contributed by atoms with Crippen LogP contribution in [0.25, 0.3) is 0 Å². The average Bonchev–Trinajstić information content (AvgIpc) is 3.00. The number of ether oxygens (including phenoxy) is 1. The molecule has 2 rings (SSSR count). The molecule has 1 aromatic heterocycles. The Kier molecular flexibility index (Phi) is 6.19. The number of rotatable bonds is 7. The quantitative estimate of drug-likeness (QED) is 0.795. The van der Waals surface area contributed by atoms with Crippen LogP contribution < -0.4 is 10.1 Å². The van der Waals surface area contributed by atoms with E-state index in [0.29, 0.717) is 12.2 Å². The maximum absolute atomic E-state index is 12.1. The van der Waals surface area contributed by atoms with Gasteiger partial charge in [0.1, 0.15) is 12.4 Å². The molecule has 1 heterocycles. The topological polar surface area (TPSA) is 51.2 Å². The van der Waals surface area contributed by atoms with Crippen molar-refractivity contribution in [2.24, 2.45) is 0 Å². The van der Waals surface area contributed by atoms with Crippen LogP contribution in [0.2, 0.25) is 0 Å². The molecule has 4 nitrogen and oxygen atoms in total. The third-order valence-electron chi connectivity index (χ3n) is 3.30. The highest BCUT2D eigenvalue weighted by molar-refractivity contribution is 7.09. The van der Waals surface area contributed by atoms with E-state index in [2.05, 4.69) is 23.1 Å². The highest BCUT2D eigenvalue weighted by atomic mass is 32.1. The van der Waals surface area contributed by atoms with Crippen LogP contribution in [0.1, 0.15) is 36.2 Å². The van der Waals surface area contributed by atoms with Crippen LogP contribution in [0.5, 0.6) is 5.75 Å². The van der Waals surface area contributed by atoms with E-state index in [9.17, 15) is 4.79 Å². The maximum atomic E-state index is 12.1. The van der Waals surface area contributed by atoms with Crippen molar-refractivity contribution in [3.63, 3.8) is 0 Å². The average molecular weight is 328 g/mol. The number of benzene rings is 1. The number of nitrogens with zero attached hydrogens (tertiary/aromatic N) is 1. The van der Waals surface area contributed by atoms with E-state index in [1.807, 2.05) is 36.6 Å². The first-order valence-corrected chi connectivity index (χ1v) is 8.39. The van der Waals surface area contributed by atoms with Gasteiger partial charge in [-0.25, -0.2) is 4.98 Å². The second-order valence-electron chi connectivity index (χ2n) is 5.12. The number of terminal acetylenes is 1. The lowest BCUT2D eigenvalue weighted by molar-refractivity contribution is -0.121. The Balaban J connectivity index is 1.94. The van der Waals surface area contributed by atoms with Crippen molar-refractivity contribution >= 4 is 17.2 Å². The van der Waals surface area contributed by atoms with Gasteiger partial charge < -0.3 is 10.1 Å². The fourth-order valence-electron chi connectivity index (χ4n) is 2.13. The number of nitrogens with one attached hydrogen (secondary N) is 1. The molecule has 1 atom stereocenters. The van der Waals surface area contributed by atoms with E-state index in [1.165, 1.54) is 0 Å². The summed E-state index contributed by atoms with van der Waals surface area (Å²) in [5, 5.41) is 5.98. The van der Waals surface area contributed by atoms with Gasteiger partial charge >= 0.3 is 0 Å². The van der Waals surface area contributed by atoms with Crippen molar-refractivity contribution in [1.82, 2.24) is 10.3 Å². The van der Waals surface area contributed by atoms with E-state index >= 15 is 0 Å². The number of thiazole rings is 1. The smallest absolute Gasteiger partial charge is 0.226 e. The fraction of sp³-hybridized carbons (Fsp3) is 0.333. The van der Waals surface area contributed by atoms with Crippen LogP contribution in [0.15, 0.2) is 29.6 Å². The molecule has 0 saturated carbocycles. The lowest BCUT2D eigenvalue weighted by Crippen LogP contribution is -2.28. The molecule has 1 amide bonds. The van der Waals surface area contributed by atoms with Crippen LogP contribution in [0.3, 0.4) is 0 Å². The molecule has 2 aromatic rings.